The van der Waals surface area contributed by atoms with Crippen LogP contribution in [0.4, 0.5) is 0 Å². The first kappa shape index (κ1) is 18.2. The van der Waals surface area contributed by atoms with Gasteiger partial charge in [0.1, 0.15) is 5.69 Å². The lowest BCUT2D eigenvalue weighted by atomic mass is 10.4. The van der Waals surface area contributed by atoms with Crippen LogP contribution < -0.4 is 0 Å². The smallest absolute Gasteiger partial charge is 0.378 e. The average molecular weight is 317 g/mol. The predicted molar refractivity (Wildman–Crippen MR) is 80.8 cm³/mol. The molecule has 0 saturated heterocycles. The number of nitrogens with zero attached hydrogens (tertiary/aromatic N) is 3. The van der Waals surface area contributed by atoms with E-state index in [0.29, 0.717) is 26.4 Å². The molecule has 122 valence electrons. The SMILES string of the molecule is CCO[Si](CCCn1cc(COC)nn1)(OCC)OCC. The normalized spacial score (nSPS) is 12.0. The molecule has 0 aliphatic heterocycles. The van der Waals surface area contributed by atoms with Crippen molar-refractivity contribution in [1.82, 2.24) is 15.0 Å². The van der Waals surface area contributed by atoms with Gasteiger partial charge in [-0.15, -0.1) is 5.10 Å². The van der Waals surface area contributed by atoms with Gasteiger partial charge in [-0.05, 0) is 27.2 Å². The van der Waals surface area contributed by atoms with Gasteiger partial charge in [0.05, 0.1) is 12.8 Å². The maximum Gasteiger partial charge on any atom is 0.500 e. The Morgan fingerprint density at radius 2 is 1.71 bits per heavy atom. The highest BCUT2D eigenvalue weighted by Crippen LogP contribution is 2.18. The molecule has 21 heavy (non-hydrogen) atoms. The first-order valence-electron chi connectivity index (χ1n) is 7.49. The molecule has 0 radical (unpaired) electrons. The molecule has 0 aliphatic carbocycles. The molecule has 1 aromatic heterocycles. The molecule has 0 fully saturated rings. The van der Waals surface area contributed by atoms with Crippen molar-refractivity contribution in [2.45, 2.75) is 46.4 Å². The molecule has 0 aromatic carbocycles. The Kier molecular flexibility index (Phi) is 8.70. The summed E-state index contributed by atoms with van der Waals surface area (Å²) in [5, 5.41) is 8.11. The summed E-state index contributed by atoms with van der Waals surface area (Å²) in [7, 11) is -0.900. The third kappa shape index (κ3) is 6.23. The van der Waals surface area contributed by atoms with E-state index in [1.807, 2.05) is 31.6 Å². The largest absolute Gasteiger partial charge is 0.500 e. The summed E-state index contributed by atoms with van der Waals surface area (Å²) in [6.07, 6.45) is 2.77. The van der Waals surface area contributed by atoms with Gasteiger partial charge in [0, 0.05) is 39.5 Å². The minimum Gasteiger partial charge on any atom is -0.378 e. The van der Waals surface area contributed by atoms with E-state index in [-0.39, 0.29) is 0 Å². The maximum atomic E-state index is 5.82. The fourth-order valence-electron chi connectivity index (χ4n) is 2.12. The van der Waals surface area contributed by atoms with Crippen LogP contribution in [0.25, 0.3) is 0 Å². The third-order valence-electron chi connectivity index (χ3n) is 2.84. The Hall–Kier alpha value is -0.803. The van der Waals surface area contributed by atoms with Gasteiger partial charge < -0.3 is 18.0 Å². The number of ether oxygens (including phenoxy) is 1. The molecule has 0 bridgehead atoms. The zero-order chi connectivity index (χ0) is 15.6. The lowest BCUT2D eigenvalue weighted by Gasteiger charge is -2.28. The number of hydrogen-bond acceptors (Lipinski definition) is 6. The summed E-state index contributed by atoms with van der Waals surface area (Å²) in [6.45, 7) is 8.96. The second kappa shape index (κ2) is 10.0. The van der Waals surface area contributed by atoms with E-state index >= 15 is 0 Å². The summed E-state index contributed by atoms with van der Waals surface area (Å²) in [5.41, 5.74) is 0.834. The number of rotatable bonds is 12. The Labute approximate surface area is 127 Å². The van der Waals surface area contributed by atoms with Crippen molar-refractivity contribution >= 4 is 8.80 Å². The van der Waals surface area contributed by atoms with E-state index in [0.717, 1.165) is 24.7 Å². The molecule has 0 unspecified atom stereocenters. The molecular formula is C13H27N3O4Si. The fraction of sp³-hybridized carbons (Fsp3) is 0.846. The lowest BCUT2D eigenvalue weighted by molar-refractivity contribution is 0.0704. The first-order chi connectivity index (χ1) is 10.2. The van der Waals surface area contributed by atoms with E-state index in [4.69, 9.17) is 18.0 Å². The van der Waals surface area contributed by atoms with E-state index < -0.39 is 8.80 Å². The highest BCUT2D eigenvalue weighted by Gasteiger charge is 2.39. The number of aromatic nitrogens is 3. The Morgan fingerprint density at radius 3 is 2.24 bits per heavy atom. The second-order valence-electron chi connectivity index (χ2n) is 4.49. The van der Waals surface area contributed by atoms with E-state index in [2.05, 4.69) is 10.3 Å². The molecule has 1 aromatic rings. The molecule has 0 amide bonds. The minimum absolute atomic E-state index is 0.482. The Morgan fingerprint density at radius 1 is 1.10 bits per heavy atom. The summed E-state index contributed by atoms with van der Waals surface area (Å²) >= 11 is 0. The highest BCUT2D eigenvalue weighted by atomic mass is 28.4. The van der Waals surface area contributed by atoms with Crippen molar-refractivity contribution in [3.8, 4) is 0 Å². The van der Waals surface area contributed by atoms with Crippen LogP contribution in [0.3, 0.4) is 0 Å². The zero-order valence-corrected chi connectivity index (χ0v) is 14.5. The van der Waals surface area contributed by atoms with E-state index in [9.17, 15) is 0 Å². The molecule has 0 aliphatic rings. The zero-order valence-electron chi connectivity index (χ0n) is 13.5. The second-order valence-corrected chi connectivity index (χ2v) is 7.22. The van der Waals surface area contributed by atoms with Crippen LogP contribution in [0.1, 0.15) is 32.9 Å². The maximum absolute atomic E-state index is 5.82. The molecule has 0 N–H and O–H groups in total. The summed E-state index contributed by atoms with van der Waals surface area (Å²) in [4.78, 5) is 0. The van der Waals surface area contributed by atoms with Crippen molar-refractivity contribution in [1.29, 1.82) is 0 Å². The fourth-order valence-corrected chi connectivity index (χ4v) is 4.71. The van der Waals surface area contributed by atoms with Gasteiger partial charge in [-0.25, -0.2) is 0 Å². The van der Waals surface area contributed by atoms with E-state index in [1.165, 1.54) is 0 Å². The number of methoxy groups -OCH3 is 1. The van der Waals surface area contributed by atoms with Crippen LogP contribution in [-0.2, 0) is 31.2 Å². The summed E-state index contributed by atoms with van der Waals surface area (Å²) in [6, 6.07) is 0.780. The van der Waals surface area contributed by atoms with Crippen LogP contribution >= 0.6 is 0 Å². The van der Waals surface area contributed by atoms with Gasteiger partial charge >= 0.3 is 8.80 Å². The molecule has 1 rings (SSSR count). The minimum atomic E-state index is -2.54. The number of hydrogen-bond donors (Lipinski definition) is 0. The summed E-state index contributed by atoms with van der Waals surface area (Å²) in [5.74, 6) is 0. The molecule has 8 heteroatoms. The van der Waals surface area contributed by atoms with E-state index in [1.54, 1.807) is 7.11 Å². The summed E-state index contributed by atoms with van der Waals surface area (Å²) < 4.78 is 24.3. The van der Waals surface area contributed by atoms with Crippen LogP contribution in [0.15, 0.2) is 6.20 Å². The van der Waals surface area contributed by atoms with Crippen LogP contribution in [0.2, 0.25) is 6.04 Å². The Balaban J connectivity index is 2.50. The monoisotopic (exact) mass is 317 g/mol. The quantitative estimate of drug-likeness (QED) is 0.548. The van der Waals surface area contributed by atoms with Gasteiger partial charge in [-0.1, -0.05) is 5.21 Å². The van der Waals surface area contributed by atoms with Gasteiger partial charge in [-0.3, -0.25) is 4.68 Å². The van der Waals surface area contributed by atoms with Gasteiger partial charge in [0.15, 0.2) is 0 Å². The third-order valence-corrected chi connectivity index (χ3v) is 5.99. The molecule has 0 spiro atoms. The van der Waals surface area contributed by atoms with Gasteiger partial charge in [0.25, 0.3) is 0 Å². The van der Waals surface area contributed by atoms with Crippen molar-refractivity contribution in [2.24, 2.45) is 0 Å². The topological polar surface area (TPSA) is 67.6 Å². The molecule has 7 nitrogen and oxygen atoms in total. The van der Waals surface area contributed by atoms with Crippen molar-refractivity contribution < 1.29 is 18.0 Å². The van der Waals surface area contributed by atoms with Crippen molar-refractivity contribution in [3.63, 3.8) is 0 Å². The standard InChI is InChI=1S/C13H27N3O4Si/c1-5-18-21(19-6-2,20-7-3)10-8-9-16-11-13(12-17-4)14-15-16/h11H,5-10,12H2,1-4H3. The number of aryl methyl sites for hydroxylation is 1. The average Bonchev–Trinajstić information content (AvgIpc) is 2.88. The lowest BCUT2D eigenvalue weighted by Crippen LogP contribution is -2.46. The predicted octanol–water partition coefficient (Wildman–Crippen LogP) is 1.86. The molecular weight excluding hydrogens is 290 g/mol. The van der Waals surface area contributed by atoms with Crippen molar-refractivity contribution in [2.75, 3.05) is 26.9 Å². The highest BCUT2D eigenvalue weighted by molar-refractivity contribution is 6.60. The van der Waals surface area contributed by atoms with Gasteiger partial charge in [0.2, 0.25) is 0 Å². The van der Waals surface area contributed by atoms with Gasteiger partial charge in [-0.2, -0.15) is 0 Å². The van der Waals surface area contributed by atoms with Crippen LogP contribution in [0.5, 0.6) is 0 Å². The van der Waals surface area contributed by atoms with Crippen LogP contribution in [0, 0.1) is 0 Å². The first-order valence-corrected chi connectivity index (χ1v) is 9.42. The molecule has 1 heterocycles. The van der Waals surface area contributed by atoms with Crippen LogP contribution in [-0.4, -0.2) is 50.7 Å². The molecule has 0 atom stereocenters. The molecule has 0 saturated carbocycles. The Bertz CT molecular complexity index is 372. The van der Waals surface area contributed by atoms with Crippen molar-refractivity contribution in [3.05, 3.63) is 11.9 Å².